The minimum absolute atomic E-state index is 0.00442. The monoisotopic (exact) mass is 428 g/mol. The zero-order valence-electron chi connectivity index (χ0n) is 19.0. The maximum atomic E-state index is 13.3. The molecule has 1 aromatic carbocycles. The smallest absolute Gasteiger partial charge is 0.242 e. The first-order chi connectivity index (χ1) is 14.7. The number of carbonyl (C=O) groups excluding carboxylic acids is 2. The van der Waals surface area contributed by atoms with E-state index in [4.69, 9.17) is 13.9 Å². The van der Waals surface area contributed by atoms with Gasteiger partial charge >= 0.3 is 0 Å². The van der Waals surface area contributed by atoms with Crippen LogP contribution in [0, 0.1) is 12.8 Å². The highest BCUT2D eigenvalue weighted by atomic mass is 16.7. The maximum absolute atomic E-state index is 13.3. The third-order valence-corrected chi connectivity index (χ3v) is 5.14. The van der Waals surface area contributed by atoms with Crippen molar-refractivity contribution in [3.8, 4) is 11.5 Å². The molecule has 1 aromatic heterocycles. The lowest BCUT2D eigenvalue weighted by atomic mass is 10.1. The molecule has 7 nitrogen and oxygen atoms in total. The van der Waals surface area contributed by atoms with Crippen molar-refractivity contribution in [2.75, 3.05) is 13.3 Å². The predicted molar refractivity (Wildman–Crippen MR) is 117 cm³/mol. The number of ether oxygens (including phenoxy) is 2. The molecule has 2 amide bonds. The van der Waals surface area contributed by atoms with Crippen molar-refractivity contribution in [1.29, 1.82) is 0 Å². The largest absolute Gasteiger partial charge is 0.464 e. The Morgan fingerprint density at radius 3 is 2.35 bits per heavy atom. The molecule has 0 spiro atoms. The minimum Gasteiger partial charge on any atom is -0.464 e. The number of rotatable bonds is 9. The second kappa shape index (κ2) is 9.90. The molecule has 0 N–H and O–H groups in total. The van der Waals surface area contributed by atoms with Crippen molar-refractivity contribution in [2.24, 2.45) is 5.92 Å². The van der Waals surface area contributed by atoms with E-state index in [0.29, 0.717) is 36.8 Å². The van der Waals surface area contributed by atoms with Crippen LogP contribution in [0.25, 0.3) is 0 Å². The highest BCUT2D eigenvalue weighted by molar-refractivity contribution is 5.85. The fourth-order valence-corrected chi connectivity index (χ4v) is 3.52. The molecule has 0 fully saturated rings. The van der Waals surface area contributed by atoms with Gasteiger partial charge in [-0.2, -0.15) is 0 Å². The quantitative estimate of drug-likeness (QED) is 0.601. The van der Waals surface area contributed by atoms with Crippen LogP contribution in [-0.4, -0.2) is 41.0 Å². The van der Waals surface area contributed by atoms with Gasteiger partial charge in [-0.05, 0) is 56.5 Å². The molecule has 1 aliphatic rings. The van der Waals surface area contributed by atoms with Crippen LogP contribution in [0.15, 0.2) is 34.7 Å². The number of nitrogens with zero attached hydrogens (tertiary/aromatic N) is 2. The fraction of sp³-hybridized carbons (Fsp3) is 0.500. The van der Waals surface area contributed by atoms with E-state index in [1.807, 2.05) is 65.0 Å². The second-order valence-corrected chi connectivity index (χ2v) is 8.66. The van der Waals surface area contributed by atoms with Gasteiger partial charge in [0.25, 0.3) is 0 Å². The second-order valence-electron chi connectivity index (χ2n) is 8.66. The van der Waals surface area contributed by atoms with E-state index in [1.54, 1.807) is 9.80 Å². The number of carbonyl (C=O) groups is 2. The lowest BCUT2D eigenvalue weighted by molar-refractivity contribution is -0.143. The van der Waals surface area contributed by atoms with Crippen molar-refractivity contribution in [3.05, 3.63) is 47.4 Å². The highest BCUT2D eigenvalue weighted by Gasteiger charge is 2.25. The van der Waals surface area contributed by atoms with Gasteiger partial charge in [-0.25, -0.2) is 0 Å². The Kier molecular flexibility index (Phi) is 7.25. The normalized spacial score (nSPS) is 12.5. The Hall–Kier alpha value is -2.96. The molecule has 0 saturated heterocycles. The summed E-state index contributed by atoms with van der Waals surface area (Å²) >= 11 is 0. The number of aryl methyl sites for hydroxylation is 1. The third-order valence-electron chi connectivity index (χ3n) is 5.14. The molecule has 2 aromatic rings. The highest BCUT2D eigenvalue weighted by Crippen LogP contribution is 2.33. The summed E-state index contributed by atoms with van der Waals surface area (Å²) in [5.41, 5.74) is 0.922. The van der Waals surface area contributed by atoms with Crippen LogP contribution < -0.4 is 9.47 Å². The first-order valence-electron chi connectivity index (χ1n) is 10.7. The third kappa shape index (κ3) is 6.03. The molecular weight excluding hydrogens is 396 g/mol. The number of hydrogen-bond acceptors (Lipinski definition) is 5. The Morgan fingerprint density at radius 2 is 1.71 bits per heavy atom. The van der Waals surface area contributed by atoms with E-state index in [2.05, 4.69) is 0 Å². The summed E-state index contributed by atoms with van der Waals surface area (Å²) in [5.74, 6) is 2.98. The molecular formula is C24H32N2O5. The summed E-state index contributed by atoms with van der Waals surface area (Å²) in [6.07, 6.45) is 0.422. The van der Waals surface area contributed by atoms with Crippen LogP contribution >= 0.6 is 0 Å². The van der Waals surface area contributed by atoms with Crippen LogP contribution in [0.5, 0.6) is 11.5 Å². The molecule has 3 rings (SSSR count). The molecule has 31 heavy (non-hydrogen) atoms. The zero-order valence-corrected chi connectivity index (χ0v) is 19.0. The van der Waals surface area contributed by atoms with Crippen LogP contribution in [0.3, 0.4) is 0 Å². The van der Waals surface area contributed by atoms with Crippen molar-refractivity contribution >= 4 is 11.8 Å². The van der Waals surface area contributed by atoms with Gasteiger partial charge in [-0.15, -0.1) is 0 Å². The standard InChI is InChI=1S/C24H32N2O5/c1-16(2)10-23(27)26(17(3)4)14-24(28)25(13-20-8-6-18(5)31-20)12-19-7-9-21-22(11-19)30-15-29-21/h6-9,11,16-17H,10,12-15H2,1-5H3. The maximum Gasteiger partial charge on any atom is 0.242 e. The molecule has 168 valence electrons. The van der Waals surface area contributed by atoms with Gasteiger partial charge in [0.1, 0.15) is 11.5 Å². The first-order valence-corrected chi connectivity index (χ1v) is 10.7. The number of fused-ring (bicyclic) bond motifs is 1. The Morgan fingerprint density at radius 1 is 0.968 bits per heavy atom. The van der Waals surface area contributed by atoms with E-state index in [-0.39, 0.29) is 37.1 Å². The first kappa shape index (κ1) is 22.7. The van der Waals surface area contributed by atoms with E-state index >= 15 is 0 Å². The molecule has 0 radical (unpaired) electrons. The van der Waals surface area contributed by atoms with Gasteiger partial charge in [0.05, 0.1) is 13.1 Å². The summed E-state index contributed by atoms with van der Waals surface area (Å²) in [5, 5.41) is 0. The topological polar surface area (TPSA) is 72.2 Å². The van der Waals surface area contributed by atoms with E-state index < -0.39 is 0 Å². The molecule has 0 saturated carbocycles. The van der Waals surface area contributed by atoms with E-state index in [9.17, 15) is 9.59 Å². The number of hydrogen-bond donors (Lipinski definition) is 0. The zero-order chi connectivity index (χ0) is 22.5. The fourth-order valence-electron chi connectivity index (χ4n) is 3.52. The Balaban J connectivity index is 1.78. The van der Waals surface area contributed by atoms with Gasteiger partial charge in [-0.3, -0.25) is 9.59 Å². The summed E-state index contributed by atoms with van der Waals surface area (Å²) < 4.78 is 16.6. The van der Waals surface area contributed by atoms with Gasteiger partial charge in [0.2, 0.25) is 18.6 Å². The molecule has 7 heteroatoms. The van der Waals surface area contributed by atoms with E-state index in [1.165, 1.54) is 0 Å². The van der Waals surface area contributed by atoms with Gasteiger partial charge in [0, 0.05) is 19.0 Å². The number of furan rings is 1. The Bertz CT molecular complexity index is 918. The van der Waals surface area contributed by atoms with Crippen molar-refractivity contribution < 1.29 is 23.5 Å². The molecule has 0 unspecified atom stereocenters. The van der Waals surface area contributed by atoms with Crippen molar-refractivity contribution in [3.63, 3.8) is 0 Å². The molecule has 0 aliphatic carbocycles. The SMILES string of the molecule is Cc1ccc(CN(Cc2ccc3c(c2)OCO3)C(=O)CN(C(=O)CC(C)C)C(C)C)o1. The molecule has 1 aliphatic heterocycles. The van der Waals surface area contributed by atoms with Crippen LogP contribution in [0.4, 0.5) is 0 Å². The number of amides is 2. The van der Waals surface area contributed by atoms with Gasteiger partial charge < -0.3 is 23.7 Å². The average Bonchev–Trinajstić information content (AvgIpc) is 3.32. The van der Waals surface area contributed by atoms with Gasteiger partial charge in [0.15, 0.2) is 11.5 Å². The summed E-state index contributed by atoms with van der Waals surface area (Å²) in [6.45, 7) is 10.7. The average molecular weight is 429 g/mol. The van der Waals surface area contributed by atoms with Crippen LogP contribution in [-0.2, 0) is 22.7 Å². The van der Waals surface area contributed by atoms with Crippen LogP contribution in [0.2, 0.25) is 0 Å². The lowest BCUT2D eigenvalue weighted by Crippen LogP contribution is -2.45. The summed E-state index contributed by atoms with van der Waals surface area (Å²) in [7, 11) is 0. The minimum atomic E-state index is -0.127. The van der Waals surface area contributed by atoms with Crippen molar-refractivity contribution in [1.82, 2.24) is 9.80 Å². The Labute approximate surface area is 183 Å². The van der Waals surface area contributed by atoms with E-state index in [0.717, 1.165) is 11.3 Å². The summed E-state index contributed by atoms with van der Waals surface area (Å²) in [6, 6.07) is 9.35. The predicted octanol–water partition coefficient (Wildman–Crippen LogP) is 4.13. The lowest BCUT2D eigenvalue weighted by Gasteiger charge is -2.30. The molecule has 0 atom stereocenters. The van der Waals surface area contributed by atoms with Crippen LogP contribution in [0.1, 0.15) is 51.2 Å². The molecule has 2 heterocycles. The van der Waals surface area contributed by atoms with Crippen molar-refractivity contribution in [2.45, 2.75) is 60.2 Å². The molecule has 0 bridgehead atoms. The number of benzene rings is 1. The van der Waals surface area contributed by atoms with Gasteiger partial charge in [-0.1, -0.05) is 19.9 Å². The summed E-state index contributed by atoms with van der Waals surface area (Å²) in [4.78, 5) is 29.4.